The van der Waals surface area contributed by atoms with E-state index in [-0.39, 0.29) is 12.4 Å². The van der Waals surface area contributed by atoms with Crippen LogP contribution in [0.4, 0.5) is 5.69 Å². The van der Waals surface area contributed by atoms with Gasteiger partial charge in [-0.15, -0.1) is 18.8 Å². The molecule has 144 valence electrons. The van der Waals surface area contributed by atoms with Gasteiger partial charge in [0, 0.05) is 31.9 Å². The average molecular weight is 375 g/mol. The molecule has 0 bridgehead atoms. The van der Waals surface area contributed by atoms with Gasteiger partial charge in [0.25, 0.3) is 0 Å². The molecule has 1 heterocycles. The van der Waals surface area contributed by atoms with Gasteiger partial charge in [0.05, 0.1) is 6.54 Å². The van der Waals surface area contributed by atoms with Gasteiger partial charge in [-0.1, -0.05) is 51.8 Å². The predicted octanol–water partition coefficient (Wildman–Crippen LogP) is 5.18. The van der Waals surface area contributed by atoms with Crippen molar-refractivity contribution in [1.82, 2.24) is 4.90 Å². The van der Waals surface area contributed by atoms with Crippen molar-refractivity contribution in [3.05, 3.63) is 29.8 Å². The third-order valence-corrected chi connectivity index (χ3v) is 5.96. The van der Waals surface area contributed by atoms with E-state index >= 15 is 0 Å². The van der Waals surface area contributed by atoms with Crippen LogP contribution >= 0.6 is 12.4 Å². The lowest BCUT2D eigenvalue weighted by Gasteiger charge is -2.46. The maximum Gasteiger partial charge on any atom is 0.0600 e. The van der Waals surface area contributed by atoms with Crippen LogP contribution in [0.1, 0.15) is 58.4 Å². The van der Waals surface area contributed by atoms with E-state index in [9.17, 15) is 0 Å². The fourth-order valence-corrected chi connectivity index (χ4v) is 5.46. The van der Waals surface area contributed by atoms with Crippen LogP contribution in [-0.2, 0) is 0 Å². The van der Waals surface area contributed by atoms with Crippen LogP contribution in [0.3, 0.4) is 0 Å². The lowest BCUT2D eigenvalue weighted by atomic mass is 9.60. The smallest absolute Gasteiger partial charge is 0.0600 e. The van der Waals surface area contributed by atoms with E-state index in [1.807, 2.05) is 0 Å². The zero-order chi connectivity index (χ0) is 18.1. The average Bonchev–Trinajstić information content (AvgIpc) is 2.53. The summed E-state index contributed by atoms with van der Waals surface area (Å²) in [5.74, 6) is 3.45. The number of rotatable bonds is 3. The Morgan fingerprint density at radius 3 is 2.15 bits per heavy atom. The largest absolute Gasteiger partial charge is 0.369 e. The van der Waals surface area contributed by atoms with Gasteiger partial charge >= 0.3 is 0 Å². The lowest BCUT2D eigenvalue weighted by molar-refractivity contribution is 0.0970. The summed E-state index contributed by atoms with van der Waals surface area (Å²) >= 11 is 0. The van der Waals surface area contributed by atoms with Crippen molar-refractivity contribution in [2.45, 2.75) is 52.9 Å². The first-order valence-electron chi connectivity index (χ1n) is 9.79. The molecule has 1 aromatic carbocycles. The Bertz CT molecular complexity index is 620. The van der Waals surface area contributed by atoms with Crippen molar-refractivity contribution < 1.29 is 0 Å². The molecule has 2 nitrogen and oxygen atoms in total. The first kappa shape index (κ1) is 21.1. The van der Waals surface area contributed by atoms with E-state index < -0.39 is 0 Å². The minimum atomic E-state index is 0. The number of benzene rings is 1. The molecule has 3 rings (SSSR count). The zero-order valence-electron chi connectivity index (χ0n) is 16.9. The summed E-state index contributed by atoms with van der Waals surface area (Å²) in [6.07, 6.45) is 9.39. The highest BCUT2D eigenvalue weighted by Crippen LogP contribution is 2.53. The number of terminal acetylenes is 1. The van der Waals surface area contributed by atoms with E-state index in [4.69, 9.17) is 6.42 Å². The van der Waals surface area contributed by atoms with Gasteiger partial charge in [-0.2, -0.15) is 0 Å². The van der Waals surface area contributed by atoms with Crippen LogP contribution in [0.2, 0.25) is 0 Å². The fraction of sp³-hybridized carbons (Fsp3) is 0.652. The molecule has 3 heteroatoms. The summed E-state index contributed by atoms with van der Waals surface area (Å²) in [6.45, 7) is 14.9. The Kier molecular flexibility index (Phi) is 6.70. The molecule has 1 aliphatic heterocycles. The first-order chi connectivity index (χ1) is 11.8. The molecule has 0 aromatic heterocycles. The Morgan fingerprint density at radius 2 is 1.58 bits per heavy atom. The predicted molar refractivity (Wildman–Crippen MR) is 115 cm³/mol. The van der Waals surface area contributed by atoms with Crippen molar-refractivity contribution in [3.8, 4) is 12.3 Å². The monoisotopic (exact) mass is 374 g/mol. The molecule has 1 saturated heterocycles. The van der Waals surface area contributed by atoms with Gasteiger partial charge in [0.1, 0.15) is 0 Å². The number of nitrogens with zero attached hydrogens (tertiary/aromatic N) is 2. The molecular formula is C23H35ClN2. The van der Waals surface area contributed by atoms with Crippen LogP contribution in [0.25, 0.3) is 0 Å². The SMILES string of the molecule is C#CCN1CCN(c2ccccc2C2CC(C)(C)CC(C)(C)C2)CC1.Cl. The highest BCUT2D eigenvalue weighted by Gasteiger charge is 2.39. The van der Waals surface area contributed by atoms with Gasteiger partial charge in [0.2, 0.25) is 0 Å². The maximum absolute atomic E-state index is 5.47. The Hall–Kier alpha value is -1.17. The molecule has 0 radical (unpaired) electrons. The Morgan fingerprint density at radius 1 is 1.00 bits per heavy atom. The quantitative estimate of drug-likeness (QED) is 0.672. The highest BCUT2D eigenvalue weighted by atomic mass is 35.5. The summed E-state index contributed by atoms with van der Waals surface area (Å²) in [6, 6.07) is 9.14. The first-order valence-corrected chi connectivity index (χ1v) is 9.79. The summed E-state index contributed by atoms with van der Waals surface area (Å²) < 4.78 is 0. The van der Waals surface area contributed by atoms with E-state index in [1.165, 1.54) is 24.9 Å². The molecule has 0 amide bonds. The third kappa shape index (κ3) is 4.96. The van der Waals surface area contributed by atoms with Crippen molar-refractivity contribution >= 4 is 18.1 Å². The number of piperazine rings is 1. The van der Waals surface area contributed by atoms with Crippen LogP contribution in [0.5, 0.6) is 0 Å². The topological polar surface area (TPSA) is 6.48 Å². The van der Waals surface area contributed by atoms with E-state index in [1.54, 1.807) is 5.56 Å². The minimum Gasteiger partial charge on any atom is -0.369 e. The fourth-order valence-electron chi connectivity index (χ4n) is 5.46. The van der Waals surface area contributed by atoms with Gasteiger partial charge < -0.3 is 4.90 Å². The van der Waals surface area contributed by atoms with Crippen molar-refractivity contribution in [2.24, 2.45) is 10.8 Å². The highest BCUT2D eigenvalue weighted by molar-refractivity contribution is 5.85. The molecule has 2 aliphatic rings. The molecule has 0 spiro atoms. The van der Waals surface area contributed by atoms with E-state index in [2.05, 4.69) is 67.7 Å². The molecule has 0 atom stereocenters. The second-order valence-electron chi connectivity index (χ2n) is 9.64. The van der Waals surface area contributed by atoms with E-state index in [0.29, 0.717) is 16.7 Å². The number of anilines is 1. The Labute approximate surface area is 166 Å². The second-order valence-corrected chi connectivity index (χ2v) is 9.64. The molecule has 1 saturated carbocycles. The second kappa shape index (κ2) is 8.24. The van der Waals surface area contributed by atoms with Gasteiger partial charge in [-0.3, -0.25) is 4.90 Å². The molecular weight excluding hydrogens is 340 g/mol. The molecule has 1 aliphatic carbocycles. The molecule has 1 aromatic rings. The summed E-state index contributed by atoms with van der Waals surface area (Å²) in [7, 11) is 0. The standard InChI is InChI=1S/C23H34N2.ClH/c1-6-11-24-12-14-25(15-13-24)21-10-8-7-9-20(21)19-16-22(2,3)18-23(4,5)17-19;/h1,7-10,19H,11-18H2,2-5H3;1H. The number of hydrogen-bond donors (Lipinski definition) is 0. The molecule has 0 unspecified atom stereocenters. The summed E-state index contributed by atoms with van der Waals surface area (Å²) in [5, 5.41) is 0. The van der Waals surface area contributed by atoms with E-state index in [0.717, 1.165) is 32.7 Å². The number of para-hydroxylation sites is 1. The van der Waals surface area contributed by atoms with Crippen molar-refractivity contribution in [3.63, 3.8) is 0 Å². The normalized spacial score (nSPS) is 23.1. The van der Waals surface area contributed by atoms with Crippen LogP contribution in [0, 0.1) is 23.2 Å². The summed E-state index contributed by atoms with van der Waals surface area (Å²) in [5.41, 5.74) is 3.87. The summed E-state index contributed by atoms with van der Waals surface area (Å²) in [4.78, 5) is 4.96. The Balaban J connectivity index is 0.00000243. The molecule has 0 N–H and O–H groups in total. The minimum absolute atomic E-state index is 0. The maximum atomic E-state index is 5.47. The number of hydrogen-bond acceptors (Lipinski definition) is 2. The van der Waals surface area contributed by atoms with Gasteiger partial charge in [0.15, 0.2) is 0 Å². The zero-order valence-corrected chi connectivity index (χ0v) is 17.7. The molecule has 26 heavy (non-hydrogen) atoms. The van der Waals surface area contributed by atoms with Crippen molar-refractivity contribution in [1.29, 1.82) is 0 Å². The van der Waals surface area contributed by atoms with Gasteiger partial charge in [-0.25, -0.2) is 0 Å². The van der Waals surface area contributed by atoms with Gasteiger partial charge in [-0.05, 0) is 47.6 Å². The lowest BCUT2D eigenvalue weighted by Crippen LogP contribution is -2.47. The number of halogens is 1. The van der Waals surface area contributed by atoms with Crippen LogP contribution in [0.15, 0.2) is 24.3 Å². The third-order valence-electron chi connectivity index (χ3n) is 5.96. The molecule has 2 fully saturated rings. The van der Waals surface area contributed by atoms with Crippen LogP contribution in [-0.4, -0.2) is 37.6 Å². The van der Waals surface area contributed by atoms with Crippen LogP contribution < -0.4 is 4.90 Å². The van der Waals surface area contributed by atoms with Crippen molar-refractivity contribution in [2.75, 3.05) is 37.6 Å².